The summed E-state index contributed by atoms with van der Waals surface area (Å²) in [6.45, 7) is -1.26. The van der Waals surface area contributed by atoms with E-state index in [9.17, 15) is 13.9 Å². The van der Waals surface area contributed by atoms with Gasteiger partial charge >= 0.3 is 0 Å². The van der Waals surface area contributed by atoms with Crippen LogP contribution in [0.3, 0.4) is 0 Å². The number of halogens is 2. The van der Waals surface area contributed by atoms with Crippen LogP contribution in [-0.2, 0) is 0 Å². The van der Waals surface area contributed by atoms with Crippen LogP contribution in [-0.4, -0.2) is 28.3 Å². The first kappa shape index (κ1) is 9.86. The number of hydrogen-bond acceptors (Lipinski definition) is 2. The first-order valence-electron chi connectivity index (χ1n) is 4.23. The van der Waals surface area contributed by atoms with Gasteiger partial charge in [-0.2, -0.15) is 0 Å². The highest BCUT2D eigenvalue weighted by Crippen LogP contribution is 2.39. The molecular weight excluding hydrogens is 166 g/mol. The first-order valence-corrected chi connectivity index (χ1v) is 4.23. The Morgan fingerprint density at radius 2 is 1.67 bits per heavy atom. The SMILES string of the molecule is OCC(F)(F)C1(O)CCCCC1. The van der Waals surface area contributed by atoms with Crippen molar-refractivity contribution in [1.29, 1.82) is 0 Å². The number of aliphatic hydroxyl groups is 2. The molecule has 1 aliphatic carbocycles. The predicted octanol–water partition coefficient (Wildman–Crippen LogP) is 1.31. The fourth-order valence-corrected chi connectivity index (χ4v) is 1.65. The molecule has 0 saturated heterocycles. The van der Waals surface area contributed by atoms with Crippen molar-refractivity contribution in [2.24, 2.45) is 0 Å². The van der Waals surface area contributed by atoms with Gasteiger partial charge in [0, 0.05) is 0 Å². The van der Waals surface area contributed by atoms with Crippen LogP contribution in [0.25, 0.3) is 0 Å². The quantitative estimate of drug-likeness (QED) is 0.672. The monoisotopic (exact) mass is 180 g/mol. The summed E-state index contributed by atoms with van der Waals surface area (Å²) in [5, 5.41) is 17.9. The van der Waals surface area contributed by atoms with E-state index in [0.29, 0.717) is 12.8 Å². The van der Waals surface area contributed by atoms with Crippen molar-refractivity contribution >= 4 is 0 Å². The van der Waals surface area contributed by atoms with E-state index in [1.165, 1.54) is 0 Å². The lowest BCUT2D eigenvalue weighted by atomic mass is 9.80. The van der Waals surface area contributed by atoms with Crippen molar-refractivity contribution in [2.45, 2.75) is 43.6 Å². The highest BCUT2D eigenvalue weighted by atomic mass is 19.3. The van der Waals surface area contributed by atoms with Crippen molar-refractivity contribution in [3.05, 3.63) is 0 Å². The number of rotatable bonds is 2. The normalized spacial score (nSPS) is 24.0. The molecule has 1 aliphatic rings. The zero-order valence-corrected chi connectivity index (χ0v) is 6.89. The zero-order valence-electron chi connectivity index (χ0n) is 6.89. The summed E-state index contributed by atoms with van der Waals surface area (Å²) in [7, 11) is 0. The van der Waals surface area contributed by atoms with Crippen LogP contribution in [0.1, 0.15) is 32.1 Å². The Bertz CT molecular complexity index is 153. The Hall–Kier alpha value is -0.220. The van der Waals surface area contributed by atoms with Crippen LogP contribution in [0.4, 0.5) is 8.78 Å². The molecule has 0 radical (unpaired) electrons. The molecule has 0 aromatic carbocycles. The minimum absolute atomic E-state index is 0.0978. The van der Waals surface area contributed by atoms with E-state index in [2.05, 4.69) is 0 Å². The largest absolute Gasteiger partial charge is 0.390 e. The third kappa shape index (κ3) is 1.59. The minimum atomic E-state index is -3.34. The Kier molecular flexibility index (Phi) is 2.68. The van der Waals surface area contributed by atoms with Crippen LogP contribution in [0.5, 0.6) is 0 Å². The van der Waals surface area contributed by atoms with Crippen molar-refractivity contribution < 1.29 is 19.0 Å². The Morgan fingerprint density at radius 3 is 2.08 bits per heavy atom. The topological polar surface area (TPSA) is 40.5 Å². The average Bonchev–Trinajstić information content (AvgIpc) is 2.06. The van der Waals surface area contributed by atoms with E-state index < -0.39 is 18.1 Å². The summed E-state index contributed by atoms with van der Waals surface area (Å²) < 4.78 is 25.8. The smallest absolute Gasteiger partial charge is 0.298 e. The van der Waals surface area contributed by atoms with Gasteiger partial charge in [0.2, 0.25) is 0 Å². The highest BCUT2D eigenvalue weighted by molar-refractivity contribution is 4.94. The number of alkyl halides is 2. The number of hydrogen-bond donors (Lipinski definition) is 2. The molecule has 0 unspecified atom stereocenters. The van der Waals surface area contributed by atoms with Gasteiger partial charge in [0.25, 0.3) is 5.92 Å². The van der Waals surface area contributed by atoms with Gasteiger partial charge in [-0.05, 0) is 12.8 Å². The molecule has 0 amide bonds. The van der Waals surface area contributed by atoms with E-state index in [0.717, 1.165) is 6.42 Å². The van der Waals surface area contributed by atoms with E-state index in [4.69, 9.17) is 5.11 Å². The van der Waals surface area contributed by atoms with Gasteiger partial charge in [0.05, 0.1) is 0 Å². The molecule has 0 aromatic rings. The summed E-state index contributed by atoms with van der Waals surface area (Å²) in [5.74, 6) is -3.34. The summed E-state index contributed by atoms with van der Waals surface area (Å²) in [6.07, 6.45) is 2.32. The molecule has 0 spiro atoms. The van der Waals surface area contributed by atoms with Crippen LogP contribution < -0.4 is 0 Å². The molecular formula is C8H14F2O2. The lowest BCUT2D eigenvalue weighted by Crippen LogP contribution is -2.51. The third-order valence-electron chi connectivity index (χ3n) is 2.56. The van der Waals surface area contributed by atoms with Gasteiger partial charge in [-0.1, -0.05) is 19.3 Å². The van der Waals surface area contributed by atoms with Crippen LogP contribution in [0.2, 0.25) is 0 Å². The molecule has 1 rings (SSSR count). The van der Waals surface area contributed by atoms with Crippen LogP contribution in [0.15, 0.2) is 0 Å². The molecule has 0 heterocycles. The average molecular weight is 180 g/mol. The molecule has 0 aromatic heterocycles. The summed E-state index contributed by atoms with van der Waals surface area (Å²) >= 11 is 0. The van der Waals surface area contributed by atoms with Crippen LogP contribution >= 0.6 is 0 Å². The maximum Gasteiger partial charge on any atom is 0.298 e. The van der Waals surface area contributed by atoms with Gasteiger partial charge < -0.3 is 10.2 Å². The minimum Gasteiger partial charge on any atom is -0.390 e. The maximum absolute atomic E-state index is 12.9. The second-order valence-electron chi connectivity index (χ2n) is 3.45. The fraction of sp³-hybridized carbons (Fsp3) is 1.00. The summed E-state index contributed by atoms with van der Waals surface area (Å²) in [5.41, 5.74) is -1.96. The molecule has 0 aliphatic heterocycles. The number of aliphatic hydroxyl groups excluding tert-OH is 1. The van der Waals surface area contributed by atoms with Gasteiger partial charge in [-0.15, -0.1) is 0 Å². The van der Waals surface area contributed by atoms with E-state index in [1.54, 1.807) is 0 Å². The standard InChI is InChI=1S/C8H14F2O2/c9-8(10,6-11)7(12)4-2-1-3-5-7/h11-12H,1-6H2. The van der Waals surface area contributed by atoms with E-state index in [-0.39, 0.29) is 12.8 Å². The first-order chi connectivity index (χ1) is 5.52. The third-order valence-corrected chi connectivity index (χ3v) is 2.56. The molecule has 2 N–H and O–H groups in total. The Labute approximate surface area is 70.2 Å². The molecule has 72 valence electrons. The molecule has 0 bridgehead atoms. The van der Waals surface area contributed by atoms with Crippen molar-refractivity contribution in [2.75, 3.05) is 6.61 Å². The van der Waals surface area contributed by atoms with E-state index in [1.807, 2.05) is 0 Å². The molecule has 1 fully saturated rings. The zero-order chi connectivity index (χ0) is 9.24. The molecule has 4 heteroatoms. The second-order valence-corrected chi connectivity index (χ2v) is 3.45. The molecule has 2 nitrogen and oxygen atoms in total. The molecule has 1 saturated carbocycles. The van der Waals surface area contributed by atoms with Gasteiger partial charge in [0.15, 0.2) is 0 Å². The van der Waals surface area contributed by atoms with Crippen LogP contribution in [0, 0.1) is 0 Å². The summed E-state index contributed by atoms with van der Waals surface area (Å²) in [4.78, 5) is 0. The van der Waals surface area contributed by atoms with Crippen molar-refractivity contribution in [1.82, 2.24) is 0 Å². The van der Waals surface area contributed by atoms with Gasteiger partial charge in [-0.25, -0.2) is 8.78 Å². The van der Waals surface area contributed by atoms with E-state index >= 15 is 0 Å². The Morgan fingerprint density at radius 1 is 1.17 bits per heavy atom. The van der Waals surface area contributed by atoms with Gasteiger partial charge in [-0.3, -0.25) is 0 Å². The van der Waals surface area contributed by atoms with Crippen molar-refractivity contribution in [3.63, 3.8) is 0 Å². The lowest BCUT2D eigenvalue weighted by molar-refractivity contribution is -0.212. The summed E-state index contributed by atoms with van der Waals surface area (Å²) in [6, 6.07) is 0. The molecule has 12 heavy (non-hydrogen) atoms. The van der Waals surface area contributed by atoms with Crippen molar-refractivity contribution in [3.8, 4) is 0 Å². The second kappa shape index (κ2) is 3.26. The molecule has 0 atom stereocenters. The van der Waals surface area contributed by atoms with Gasteiger partial charge in [0.1, 0.15) is 12.2 Å². The highest BCUT2D eigenvalue weighted by Gasteiger charge is 2.51. The lowest BCUT2D eigenvalue weighted by Gasteiger charge is -2.37. The predicted molar refractivity (Wildman–Crippen MR) is 40.1 cm³/mol. The fourth-order valence-electron chi connectivity index (χ4n) is 1.65. The Balaban J connectivity index is 2.68. The maximum atomic E-state index is 12.9.